The van der Waals surface area contributed by atoms with Crippen LogP contribution in [0.3, 0.4) is 0 Å². The van der Waals surface area contributed by atoms with Gasteiger partial charge in [-0.1, -0.05) is 23.7 Å². The molecular weight excluding hydrogens is 386 g/mol. The van der Waals surface area contributed by atoms with Crippen molar-refractivity contribution in [2.75, 3.05) is 7.11 Å². The number of methoxy groups -OCH3 is 1. The van der Waals surface area contributed by atoms with E-state index >= 15 is 0 Å². The van der Waals surface area contributed by atoms with E-state index in [2.05, 4.69) is 4.74 Å². The molecule has 0 aromatic heterocycles. The average Bonchev–Trinajstić information content (AvgIpc) is 2.39. The maximum absolute atomic E-state index is 14.0. The molecule has 9 heteroatoms. The molecule has 0 amide bonds. The molecule has 2 nitrogen and oxygen atoms in total. The molecule has 0 bridgehead atoms. The van der Waals surface area contributed by atoms with Crippen LogP contribution in [-0.4, -0.2) is 23.8 Å². The lowest BCUT2D eigenvalue weighted by Gasteiger charge is -2.21. The van der Waals surface area contributed by atoms with Gasteiger partial charge in [0.1, 0.15) is 5.57 Å². The average molecular weight is 394 g/mol. The Morgan fingerprint density at radius 3 is 2.05 bits per heavy atom. The van der Waals surface area contributed by atoms with Gasteiger partial charge in [-0.05, 0) is 33.6 Å². The third kappa shape index (κ3) is 3.74. The second-order valence-corrected chi connectivity index (χ2v) is 5.29. The van der Waals surface area contributed by atoms with E-state index in [0.717, 1.165) is 19.2 Å². The first-order chi connectivity index (χ1) is 9.52. The third-order valence-electron chi connectivity index (χ3n) is 2.37. The molecule has 1 rings (SSSR count). The Morgan fingerprint density at radius 2 is 1.67 bits per heavy atom. The summed E-state index contributed by atoms with van der Waals surface area (Å²) in [5.41, 5.74) is -1.50. The van der Waals surface area contributed by atoms with Crippen LogP contribution in [0.15, 0.2) is 30.1 Å². The molecular formula is C12H7BrClF5O2. The molecule has 0 heterocycles. The number of esters is 1. The van der Waals surface area contributed by atoms with Crippen molar-refractivity contribution in [1.29, 1.82) is 0 Å². The Kier molecular flexibility index (Phi) is 5.38. The van der Waals surface area contributed by atoms with E-state index in [4.69, 9.17) is 11.6 Å². The standard InChI is InChI=1S/C12H7BrClF5O2/c1-21-10(20)8(6-2-4-7(14)5-3-6)9(15)11(13,16)12(17,18)19/h2-5H,1H3. The van der Waals surface area contributed by atoms with E-state index in [-0.39, 0.29) is 10.6 Å². The maximum Gasteiger partial charge on any atom is 0.439 e. The molecule has 0 N–H and O–H groups in total. The van der Waals surface area contributed by atoms with Crippen LogP contribution in [0.1, 0.15) is 5.56 Å². The number of rotatable bonds is 3. The molecule has 1 atom stereocenters. The van der Waals surface area contributed by atoms with Crippen LogP contribution in [-0.2, 0) is 9.53 Å². The lowest BCUT2D eigenvalue weighted by Crippen LogP contribution is -2.36. The Morgan fingerprint density at radius 1 is 1.19 bits per heavy atom. The van der Waals surface area contributed by atoms with E-state index in [9.17, 15) is 26.7 Å². The summed E-state index contributed by atoms with van der Waals surface area (Å²) in [6.07, 6.45) is -5.61. The Hall–Kier alpha value is -1.15. The van der Waals surface area contributed by atoms with E-state index in [1.54, 1.807) is 15.9 Å². The third-order valence-corrected chi connectivity index (χ3v) is 3.42. The quantitative estimate of drug-likeness (QED) is 0.319. The van der Waals surface area contributed by atoms with Gasteiger partial charge in [-0.15, -0.1) is 0 Å². The second kappa shape index (κ2) is 6.31. The minimum absolute atomic E-state index is 0.199. The first-order valence-corrected chi connectivity index (χ1v) is 6.38. The number of carbonyl (C=O) groups is 1. The minimum atomic E-state index is -5.61. The summed E-state index contributed by atoms with van der Waals surface area (Å²) in [7, 11) is 0.827. The second-order valence-electron chi connectivity index (χ2n) is 3.76. The van der Waals surface area contributed by atoms with E-state index in [0.29, 0.717) is 0 Å². The highest BCUT2D eigenvalue weighted by molar-refractivity contribution is 9.10. The zero-order valence-corrected chi connectivity index (χ0v) is 12.6. The highest BCUT2D eigenvalue weighted by atomic mass is 79.9. The van der Waals surface area contributed by atoms with Crippen molar-refractivity contribution >= 4 is 39.1 Å². The fraction of sp³-hybridized carbons (Fsp3) is 0.250. The van der Waals surface area contributed by atoms with Crippen molar-refractivity contribution in [3.63, 3.8) is 0 Å². The highest BCUT2D eigenvalue weighted by Gasteiger charge is 2.59. The molecule has 1 unspecified atom stereocenters. The smallest absolute Gasteiger partial charge is 0.439 e. The van der Waals surface area contributed by atoms with Gasteiger partial charge in [0, 0.05) is 5.02 Å². The molecule has 116 valence electrons. The number of hydrogen-bond acceptors (Lipinski definition) is 2. The summed E-state index contributed by atoms with van der Waals surface area (Å²) in [5, 5.41) is 0.199. The van der Waals surface area contributed by atoms with Crippen LogP contribution in [0.25, 0.3) is 5.57 Å². The van der Waals surface area contributed by atoms with Crippen LogP contribution < -0.4 is 0 Å². The van der Waals surface area contributed by atoms with Gasteiger partial charge in [0.25, 0.3) is 0 Å². The van der Waals surface area contributed by atoms with Crippen molar-refractivity contribution in [3.05, 3.63) is 40.7 Å². The summed E-state index contributed by atoms with van der Waals surface area (Å²) in [6.45, 7) is 0. The fourth-order valence-corrected chi connectivity index (χ4v) is 1.66. The maximum atomic E-state index is 14.0. The molecule has 21 heavy (non-hydrogen) atoms. The van der Waals surface area contributed by atoms with Gasteiger partial charge >= 0.3 is 16.7 Å². The van der Waals surface area contributed by atoms with Crippen molar-refractivity contribution in [1.82, 2.24) is 0 Å². The van der Waals surface area contributed by atoms with Crippen LogP contribution in [0.4, 0.5) is 22.0 Å². The Labute approximate surface area is 129 Å². The predicted molar refractivity (Wildman–Crippen MR) is 70.3 cm³/mol. The Bertz CT molecular complexity index is 566. The van der Waals surface area contributed by atoms with E-state index in [1.165, 1.54) is 12.1 Å². The SMILES string of the molecule is COC(=O)C(=C(F)C(F)(Br)C(F)(F)F)c1ccc(Cl)cc1. The van der Waals surface area contributed by atoms with Crippen molar-refractivity contribution in [2.24, 2.45) is 0 Å². The molecule has 0 saturated heterocycles. The largest absolute Gasteiger partial charge is 0.465 e. The molecule has 0 fully saturated rings. The number of carbonyl (C=O) groups excluding carboxylic acids is 1. The summed E-state index contributed by atoms with van der Waals surface area (Å²) in [5.74, 6) is -3.82. The number of ether oxygens (including phenoxy) is 1. The molecule has 0 radical (unpaired) electrons. The van der Waals surface area contributed by atoms with Crippen molar-refractivity contribution in [2.45, 2.75) is 10.8 Å². The van der Waals surface area contributed by atoms with Gasteiger partial charge in [0.2, 0.25) is 0 Å². The molecule has 1 aromatic carbocycles. The number of benzene rings is 1. The molecule has 1 aromatic rings. The first kappa shape index (κ1) is 17.9. The van der Waals surface area contributed by atoms with Crippen LogP contribution in [0.2, 0.25) is 5.02 Å². The van der Waals surface area contributed by atoms with Crippen LogP contribution in [0.5, 0.6) is 0 Å². The van der Waals surface area contributed by atoms with E-state index in [1.807, 2.05) is 0 Å². The van der Waals surface area contributed by atoms with Gasteiger partial charge < -0.3 is 4.74 Å². The van der Waals surface area contributed by atoms with Crippen molar-refractivity contribution in [3.8, 4) is 0 Å². The first-order valence-electron chi connectivity index (χ1n) is 5.21. The van der Waals surface area contributed by atoms with Crippen LogP contribution >= 0.6 is 27.5 Å². The Balaban J connectivity index is 3.54. The number of hydrogen-bond donors (Lipinski definition) is 0. The van der Waals surface area contributed by atoms with Gasteiger partial charge in [-0.2, -0.15) is 13.2 Å². The van der Waals surface area contributed by atoms with Crippen LogP contribution in [0, 0.1) is 0 Å². The molecule has 0 aliphatic carbocycles. The fourth-order valence-electron chi connectivity index (χ4n) is 1.33. The zero-order chi connectivity index (χ0) is 16.4. The summed E-state index contributed by atoms with van der Waals surface area (Å²) in [6, 6.07) is 4.53. The molecule has 0 aliphatic rings. The molecule has 0 spiro atoms. The molecule has 0 aliphatic heterocycles. The number of halogens is 7. The predicted octanol–water partition coefficient (Wildman–Crippen LogP) is 4.82. The van der Waals surface area contributed by atoms with E-state index < -0.39 is 28.1 Å². The summed E-state index contributed by atoms with van der Waals surface area (Å²) >= 11 is 7.20. The lowest BCUT2D eigenvalue weighted by molar-refractivity contribution is -0.184. The minimum Gasteiger partial charge on any atom is -0.465 e. The van der Waals surface area contributed by atoms with Gasteiger partial charge in [0.15, 0.2) is 5.83 Å². The topological polar surface area (TPSA) is 26.3 Å². The molecule has 0 saturated carbocycles. The summed E-state index contributed by atoms with van der Waals surface area (Å²) < 4.78 is 64.9. The van der Waals surface area contributed by atoms with Gasteiger partial charge in [0.05, 0.1) is 7.11 Å². The monoisotopic (exact) mass is 392 g/mol. The number of alkyl halides is 5. The normalized spacial score (nSPS) is 16.0. The highest BCUT2D eigenvalue weighted by Crippen LogP contribution is 2.47. The lowest BCUT2D eigenvalue weighted by atomic mass is 10.0. The summed E-state index contributed by atoms with van der Waals surface area (Å²) in [4.78, 5) is 11.5. The van der Waals surface area contributed by atoms with Gasteiger partial charge in [-0.25, -0.2) is 13.6 Å². The van der Waals surface area contributed by atoms with Gasteiger partial charge in [-0.3, -0.25) is 0 Å². The number of allylic oxidation sites excluding steroid dienone is 1. The van der Waals surface area contributed by atoms with Crippen molar-refractivity contribution < 1.29 is 31.5 Å². The zero-order valence-electron chi connectivity index (χ0n) is 10.3.